The number of carbonyl (C=O) groups excluding carboxylic acids is 2. The Hall–Kier alpha value is -1.97. The number of benzene rings is 1. The number of piperidine rings is 1. The van der Waals surface area contributed by atoms with Crippen molar-refractivity contribution < 1.29 is 27.5 Å². The maximum Gasteiger partial charge on any atom is 0.244 e. The standard InChI is InChI=1S/C16H22N2O6S/c1-23-10-4-9-17-25(21,22)14-11-12(7-8-13(14)24-2)18-15(19)5-3-6-16(18)20/h7-8,11,17H,3-6,9-10H2,1-2H3. The molecule has 1 aromatic carbocycles. The first-order valence-corrected chi connectivity index (χ1v) is 9.41. The van der Waals surface area contributed by atoms with Crippen molar-refractivity contribution in [2.24, 2.45) is 0 Å². The summed E-state index contributed by atoms with van der Waals surface area (Å²) < 4.78 is 37.6. The van der Waals surface area contributed by atoms with E-state index in [2.05, 4.69) is 4.72 Å². The number of amides is 2. The summed E-state index contributed by atoms with van der Waals surface area (Å²) in [5.41, 5.74) is 0.229. The lowest BCUT2D eigenvalue weighted by Crippen LogP contribution is -2.40. The van der Waals surface area contributed by atoms with Gasteiger partial charge in [-0.1, -0.05) is 0 Å². The third kappa shape index (κ3) is 4.56. The second-order valence-electron chi connectivity index (χ2n) is 5.56. The first-order chi connectivity index (χ1) is 11.9. The van der Waals surface area contributed by atoms with Gasteiger partial charge in [0.2, 0.25) is 21.8 Å². The quantitative estimate of drug-likeness (QED) is 0.542. The highest BCUT2D eigenvalue weighted by molar-refractivity contribution is 7.89. The van der Waals surface area contributed by atoms with Gasteiger partial charge in [0.1, 0.15) is 10.6 Å². The predicted octanol–water partition coefficient (Wildman–Crippen LogP) is 1.05. The van der Waals surface area contributed by atoms with E-state index in [0.717, 1.165) is 4.90 Å². The summed E-state index contributed by atoms with van der Waals surface area (Å²) in [7, 11) is -0.967. The molecule has 0 atom stereocenters. The molecular weight excluding hydrogens is 348 g/mol. The molecule has 0 aromatic heterocycles. The lowest BCUT2D eigenvalue weighted by atomic mass is 10.1. The molecule has 25 heavy (non-hydrogen) atoms. The second-order valence-corrected chi connectivity index (χ2v) is 7.29. The predicted molar refractivity (Wildman–Crippen MR) is 91.0 cm³/mol. The molecule has 1 heterocycles. The van der Waals surface area contributed by atoms with Crippen LogP contribution in [0.15, 0.2) is 23.1 Å². The summed E-state index contributed by atoms with van der Waals surface area (Å²) in [5.74, 6) is -0.532. The number of hydrogen-bond donors (Lipinski definition) is 1. The lowest BCUT2D eigenvalue weighted by molar-refractivity contribution is -0.129. The van der Waals surface area contributed by atoms with E-state index < -0.39 is 10.0 Å². The van der Waals surface area contributed by atoms with E-state index in [1.807, 2.05) is 0 Å². The third-order valence-corrected chi connectivity index (χ3v) is 5.27. The van der Waals surface area contributed by atoms with Crippen molar-refractivity contribution in [1.29, 1.82) is 0 Å². The first kappa shape index (κ1) is 19.4. The number of methoxy groups -OCH3 is 2. The molecule has 1 fully saturated rings. The zero-order valence-electron chi connectivity index (χ0n) is 14.3. The van der Waals surface area contributed by atoms with Gasteiger partial charge in [-0.3, -0.25) is 14.5 Å². The molecule has 1 N–H and O–H groups in total. The molecule has 0 unspecified atom stereocenters. The normalized spacial score (nSPS) is 15.5. The molecule has 0 saturated carbocycles. The molecule has 0 bridgehead atoms. The molecule has 1 aliphatic rings. The molecule has 138 valence electrons. The topological polar surface area (TPSA) is 102 Å². The maximum absolute atomic E-state index is 12.6. The van der Waals surface area contributed by atoms with Crippen LogP contribution in [0.25, 0.3) is 0 Å². The minimum absolute atomic E-state index is 0.115. The fourth-order valence-electron chi connectivity index (χ4n) is 2.56. The van der Waals surface area contributed by atoms with Crippen molar-refractivity contribution in [3.63, 3.8) is 0 Å². The van der Waals surface area contributed by atoms with Gasteiger partial charge in [0.05, 0.1) is 12.8 Å². The summed E-state index contributed by atoms with van der Waals surface area (Å²) >= 11 is 0. The Labute approximate surface area is 147 Å². The molecule has 0 spiro atoms. The van der Waals surface area contributed by atoms with Gasteiger partial charge < -0.3 is 9.47 Å². The number of sulfonamides is 1. The number of anilines is 1. The van der Waals surface area contributed by atoms with E-state index >= 15 is 0 Å². The van der Waals surface area contributed by atoms with Crippen LogP contribution in [0.4, 0.5) is 5.69 Å². The average Bonchev–Trinajstić information content (AvgIpc) is 2.58. The fourth-order valence-corrected chi connectivity index (χ4v) is 3.82. The van der Waals surface area contributed by atoms with Crippen molar-refractivity contribution in [3.05, 3.63) is 18.2 Å². The summed E-state index contributed by atoms with van der Waals surface area (Å²) in [6, 6.07) is 4.23. The highest BCUT2D eigenvalue weighted by Crippen LogP contribution is 2.30. The van der Waals surface area contributed by atoms with Gasteiger partial charge in [0, 0.05) is 33.1 Å². The number of carbonyl (C=O) groups is 2. The minimum atomic E-state index is -3.86. The SMILES string of the molecule is COCCCNS(=O)(=O)c1cc(N2C(=O)CCCC2=O)ccc1OC. The highest BCUT2D eigenvalue weighted by Gasteiger charge is 2.29. The van der Waals surface area contributed by atoms with E-state index in [9.17, 15) is 18.0 Å². The molecule has 1 aromatic rings. The van der Waals surface area contributed by atoms with Crippen LogP contribution < -0.4 is 14.4 Å². The Kier molecular flexibility index (Phi) is 6.51. The van der Waals surface area contributed by atoms with Crippen molar-refractivity contribution in [3.8, 4) is 5.75 Å². The van der Waals surface area contributed by atoms with Crippen molar-refractivity contribution in [1.82, 2.24) is 4.72 Å². The molecule has 0 radical (unpaired) electrons. The van der Waals surface area contributed by atoms with Crippen LogP contribution in [0.2, 0.25) is 0 Å². The number of nitrogens with zero attached hydrogens (tertiary/aromatic N) is 1. The van der Waals surface area contributed by atoms with Crippen LogP contribution in [0, 0.1) is 0 Å². The third-order valence-electron chi connectivity index (χ3n) is 3.79. The molecule has 1 aliphatic heterocycles. The Bertz CT molecular complexity index is 731. The summed E-state index contributed by atoms with van der Waals surface area (Å²) in [6.45, 7) is 0.627. The zero-order chi connectivity index (χ0) is 18.4. The number of hydrogen-bond acceptors (Lipinski definition) is 6. The monoisotopic (exact) mass is 370 g/mol. The Morgan fingerprint density at radius 1 is 1.16 bits per heavy atom. The van der Waals surface area contributed by atoms with E-state index in [1.54, 1.807) is 0 Å². The van der Waals surface area contributed by atoms with Gasteiger partial charge in [0.25, 0.3) is 0 Å². The van der Waals surface area contributed by atoms with Crippen molar-refractivity contribution >= 4 is 27.5 Å². The van der Waals surface area contributed by atoms with Crippen molar-refractivity contribution in [2.45, 2.75) is 30.6 Å². The van der Waals surface area contributed by atoms with E-state index in [-0.39, 0.29) is 47.5 Å². The molecule has 0 aliphatic carbocycles. The number of nitrogens with one attached hydrogen (secondary N) is 1. The first-order valence-electron chi connectivity index (χ1n) is 7.93. The van der Waals surface area contributed by atoms with Crippen LogP contribution in [-0.4, -0.2) is 47.6 Å². The second kappa shape index (κ2) is 8.41. The lowest BCUT2D eigenvalue weighted by Gasteiger charge is -2.25. The zero-order valence-corrected chi connectivity index (χ0v) is 15.1. The molecule has 2 amide bonds. The van der Waals surface area contributed by atoms with Gasteiger partial charge in [-0.2, -0.15) is 0 Å². The Morgan fingerprint density at radius 2 is 1.84 bits per heavy atom. The van der Waals surface area contributed by atoms with Gasteiger partial charge in [0.15, 0.2) is 0 Å². The fraction of sp³-hybridized carbons (Fsp3) is 0.500. The minimum Gasteiger partial charge on any atom is -0.495 e. The van der Waals surface area contributed by atoms with E-state index in [0.29, 0.717) is 19.4 Å². The Balaban J connectivity index is 2.33. The van der Waals surface area contributed by atoms with Gasteiger partial charge in [-0.25, -0.2) is 13.1 Å². The summed E-state index contributed by atoms with van der Waals surface area (Å²) in [6.07, 6.45) is 1.54. The highest BCUT2D eigenvalue weighted by atomic mass is 32.2. The van der Waals surface area contributed by atoms with Gasteiger partial charge in [-0.15, -0.1) is 0 Å². The largest absolute Gasteiger partial charge is 0.495 e. The molecule has 2 rings (SSSR count). The molecule has 9 heteroatoms. The van der Waals surface area contributed by atoms with E-state index in [1.165, 1.54) is 32.4 Å². The number of rotatable bonds is 8. The summed E-state index contributed by atoms with van der Waals surface area (Å²) in [4.78, 5) is 25.0. The van der Waals surface area contributed by atoms with Gasteiger partial charge in [-0.05, 0) is 31.0 Å². The van der Waals surface area contributed by atoms with E-state index in [4.69, 9.17) is 9.47 Å². The van der Waals surface area contributed by atoms with Crippen LogP contribution in [0.3, 0.4) is 0 Å². The van der Waals surface area contributed by atoms with Crippen LogP contribution in [0.1, 0.15) is 25.7 Å². The average molecular weight is 370 g/mol. The molecule has 1 saturated heterocycles. The molecule has 8 nitrogen and oxygen atoms in total. The number of imide groups is 1. The smallest absolute Gasteiger partial charge is 0.244 e. The Morgan fingerprint density at radius 3 is 2.44 bits per heavy atom. The van der Waals surface area contributed by atoms with Crippen LogP contribution in [-0.2, 0) is 24.3 Å². The maximum atomic E-state index is 12.6. The van der Waals surface area contributed by atoms with Crippen LogP contribution in [0.5, 0.6) is 5.75 Å². The summed E-state index contributed by atoms with van der Waals surface area (Å²) in [5, 5.41) is 0. The van der Waals surface area contributed by atoms with Gasteiger partial charge >= 0.3 is 0 Å². The molecular formula is C16H22N2O6S. The van der Waals surface area contributed by atoms with Crippen molar-refractivity contribution in [2.75, 3.05) is 32.3 Å². The van der Waals surface area contributed by atoms with Crippen LogP contribution >= 0.6 is 0 Å². The number of ether oxygens (including phenoxy) is 2.